The highest BCUT2D eigenvalue weighted by Crippen LogP contribution is 2.36. The van der Waals surface area contributed by atoms with E-state index < -0.39 is 30.7 Å². The molecule has 186 valence electrons. The number of fused-ring (bicyclic) bond motifs is 1. The summed E-state index contributed by atoms with van der Waals surface area (Å²) < 4.78 is 37.3. The summed E-state index contributed by atoms with van der Waals surface area (Å²) in [6.07, 6.45) is 4.43. The lowest BCUT2D eigenvalue weighted by molar-refractivity contribution is 0.114. The number of piperidine rings is 1. The fraction of sp³-hybridized carbons (Fsp3) is 0.348. The van der Waals surface area contributed by atoms with Gasteiger partial charge in [-0.2, -0.15) is 10.4 Å². The minimum Gasteiger partial charge on any atom is -0.479 e. The van der Waals surface area contributed by atoms with E-state index in [2.05, 4.69) is 20.4 Å². The maximum absolute atomic E-state index is 14.8. The molecular weight excluding hydrogens is 494 g/mol. The lowest BCUT2D eigenvalue weighted by Crippen LogP contribution is -2.40. The van der Waals surface area contributed by atoms with E-state index in [1.165, 1.54) is 27.7 Å². The van der Waals surface area contributed by atoms with E-state index in [4.69, 9.17) is 21.6 Å². The molecule has 1 fully saturated rings. The number of alkyl halides is 1. The Bertz CT molecular complexity index is 1430. The second kappa shape index (κ2) is 9.67. The highest BCUT2D eigenvalue weighted by molar-refractivity contribution is 6.34. The number of rotatable bonds is 6. The Hall–Kier alpha value is -3.82. The van der Waals surface area contributed by atoms with Crippen LogP contribution in [0.4, 0.5) is 8.78 Å². The molecule has 1 unspecified atom stereocenters. The van der Waals surface area contributed by atoms with Crippen molar-refractivity contribution in [2.45, 2.75) is 31.7 Å². The van der Waals surface area contributed by atoms with Crippen molar-refractivity contribution < 1.29 is 18.6 Å². The van der Waals surface area contributed by atoms with Gasteiger partial charge < -0.3 is 14.7 Å². The molecule has 0 amide bonds. The lowest BCUT2D eigenvalue weighted by atomic mass is 10.0. The summed E-state index contributed by atoms with van der Waals surface area (Å²) in [5, 5.41) is 32.1. The van der Waals surface area contributed by atoms with E-state index in [-0.39, 0.29) is 6.54 Å². The molecule has 13 heteroatoms. The number of aliphatic hydroxyl groups is 1. The first-order valence-corrected chi connectivity index (χ1v) is 11.5. The fourth-order valence-corrected chi connectivity index (χ4v) is 4.59. The minimum atomic E-state index is -1.27. The highest BCUT2D eigenvalue weighted by Gasteiger charge is 2.33. The van der Waals surface area contributed by atoms with Gasteiger partial charge in [-0.15, -0.1) is 5.10 Å². The standard InChI is InChI=1S/C23H21ClF2N8O2/c1-13-22(30-31-34(13)19-4-5-32(12-27)10-17(19)26)14-6-20(23-16(24)8-29-33(23)9-14)36-21(11-35)18-3-2-15(25)7-28-18/h2-3,6-9,17,19,21,35H,4-5,10-11H2,1H3/t17-,19+,21?/m1/s1. The zero-order valence-electron chi connectivity index (χ0n) is 19.1. The first-order chi connectivity index (χ1) is 17.4. The Balaban J connectivity index is 1.52. The number of ether oxygens (including phenoxy) is 1. The van der Waals surface area contributed by atoms with Crippen LogP contribution in [0.3, 0.4) is 0 Å². The molecule has 5 rings (SSSR count). The maximum Gasteiger partial charge on any atom is 0.179 e. The van der Waals surface area contributed by atoms with Crippen LogP contribution in [-0.2, 0) is 0 Å². The Kier molecular flexibility index (Phi) is 6.42. The molecular formula is C23H21ClF2N8O2. The monoisotopic (exact) mass is 514 g/mol. The average Bonchev–Trinajstić information content (AvgIpc) is 3.45. The number of halogens is 3. The molecule has 36 heavy (non-hydrogen) atoms. The second-order valence-electron chi connectivity index (χ2n) is 8.46. The molecule has 4 aromatic rings. The van der Waals surface area contributed by atoms with Crippen molar-refractivity contribution in [3.63, 3.8) is 0 Å². The summed E-state index contributed by atoms with van der Waals surface area (Å²) in [6, 6.07) is 3.79. The molecule has 5 heterocycles. The summed E-state index contributed by atoms with van der Waals surface area (Å²) in [5.41, 5.74) is 2.49. The van der Waals surface area contributed by atoms with Crippen LogP contribution in [-0.4, -0.2) is 65.5 Å². The van der Waals surface area contributed by atoms with Crippen molar-refractivity contribution in [2.75, 3.05) is 19.7 Å². The Morgan fingerprint density at radius 1 is 1.36 bits per heavy atom. The maximum atomic E-state index is 14.8. The second-order valence-corrected chi connectivity index (χ2v) is 8.86. The van der Waals surface area contributed by atoms with Crippen molar-refractivity contribution in [2.24, 2.45) is 0 Å². The van der Waals surface area contributed by atoms with Crippen LogP contribution in [0.25, 0.3) is 16.8 Å². The zero-order valence-corrected chi connectivity index (χ0v) is 19.8. The van der Waals surface area contributed by atoms with Gasteiger partial charge in [0, 0.05) is 18.3 Å². The van der Waals surface area contributed by atoms with Gasteiger partial charge in [-0.25, -0.2) is 18.0 Å². The van der Waals surface area contributed by atoms with Crippen LogP contribution in [0.15, 0.2) is 36.8 Å². The molecule has 3 atom stereocenters. The van der Waals surface area contributed by atoms with Crippen molar-refractivity contribution in [1.29, 1.82) is 5.26 Å². The van der Waals surface area contributed by atoms with Gasteiger partial charge in [-0.1, -0.05) is 16.8 Å². The molecule has 0 aromatic carbocycles. The summed E-state index contributed by atoms with van der Waals surface area (Å²) in [6.45, 7) is 1.81. The van der Waals surface area contributed by atoms with Gasteiger partial charge in [-0.05, 0) is 31.5 Å². The first kappa shape index (κ1) is 23.9. The minimum absolute atomic E-state index is 0.00546. The third-order valence-electron chi connectivity index (χ3n) is 6.21. The average molecular weight is 515 g/mol. The van der Waals surface area contributed by atoms with E-state index in [0.717, 1.165) is 6.20 Å². The molecule has 0 bridgehead atoms. The molecule has 0 saturated carbocycles. The molecule has 1 N–H and O–H groups in total. The number of nitrogens with zero attached hydrogens (tertiary/aromatic N) is 8. The van der Waals surface area contributed by atoms with E-state index >= 15 is 0 Å². The van der Waals surface area contributed by atoms with E-state index in [9.17, 15) is 13.9 Å². The smallest absolute Gasteiger partial charge is 0.179 e. The van der Waals surface area contributed by atoms with Gasteiger partial charge in [-0.3, -0.25) is 4.98 Å². The third-order valence-corrected chi connectivity index (χ3v) is 6.49. The van der Waals surface area contributed by atoms with Crippen molar-refractivity contribution in [3.8, 4) is 23.2 Å². The van der Waals surface area contributed by atoms with Crippen LogP contribution in [0.2, 0.25) is 5.02 Å². The van der Waals surface area contributed by atoms with E-state index in [0.29, 0.717) is 51.9 Å². The number of aliphatic hydroxyl groups excluding tert-OH is 1. The summed E-state index contributed by atoms with van der Waals surface area (Å²) in [4.78, 5) is 5.39. The van der Waals surface area contributed by atoms with Gasteiger partial charge in [0.25, 0.3) is 0 Å². The van der Waals surface area contributed by atoms with Gasteiger partial charge >= 0.3 is 0 Å². The highest BCUT2D eigenvalue weighted by atomic mass is 35.5. The van der Waals surface area contributed by atoms with Gasteiger partial charge in [0.05, 0.1) is 48.0 Å². The number of nitriles is 1. The predicted octanol–water partition coefficient (Wildman–Crippen LogP) is 3.27. The first-order valence-electron chi connectivity index (χ1n) is 11.2. The van der Waals surface area contributed by atoms with Crippen LogP contribution in [0, 0.1) is 24.2 Å². The van der Waals surface area contributed by atoms with Crippen molar-refractivity contribution in [1.82, 2.24) is 34.5 Å². The zero-order chi connectivity index (χ0) is 25.4. The molecule has 1 aliphatic heterocycles. The van der Waals surface area contributed by atoms with Gasteiger partial charge in [0.1, 0.15) is 28.9 Å². The van der Waals surface area contributed by atoms with Crippen LogP contribution in [0.1, 0.15) is 30.0 Å². The molecule has 0 aliphatic carbocycles. The van der Waals surface area contributed by atoms with Crippen LogP contribution < -0.4 is 4.74 Å². The predicted molar refractivity (Wildman–Crippen MR) is 124 cm³/mol. The van der Waals surface area contributed by atoms with E-state index in [1.54, 1.807) is 23.9 Å². The molecule has 4 aromatic heterocycles. The third kappa shape index (κ3) is 4.31. The summed E-state index contributed by atoms with van der Waals surface area (Å²) in [5.74, 6) is -0.217. The van der Waals surface area contributed by atoms with Crippen molar-refractivity contribution >= 4 is 17.1 Å². The Morgan fingerprint density at radius 2 is 2.19 bits per heavy atom. The van der Waals surface area contributed by atoms with Crippen LogP contribution >= 0.6 is 11.6 Å². The number of hydrogen-bond acceptors (Lipinski definition) is 8. The molecule has 0 radical (unpaired) electrons. The Labute approximate surface area is 209 Å². The summed E-state index contributed by atoms with van der Waals surface area (Å²) >= 11 is 6.35. The topological polar surface area (TPSA) is 117 Å². The molecule has 1 aliphatic rings. The van der Waals surface area contributed by atoms with Gasteiger partial charge in [0.2, 0.25) is 0 Å². The molecule has 1 saturated heterocycles. The van der Waals surface area contributed by atoms with E-state index in [1.807, 2.05) is 6.19 Å². The number of likely N-dealkylation sites (tertiary alicyclic amines) is 1. The lowest BCUT2D eigenvalue weighted by Gasteiger charge is -2.31. The number of aromatic nitrogens is 6. The number of hydrogen-bond donors (Lipinski definition) is 1. The number of pyridine rings is 2. The summed E-state index contributed by atoms with van der Waals surface area (Å²) in [7, 11) is 0. The van der Waals surface area contributed by atoms with Gasteiger partial charge in [0.15, 0.2) is 12.3 Å². The Morgan fingerprint density at radius 3 is 2.89 bits per heavy atom. The van der Waals surface area contributed by atoms with Crippen molar-refractivity contribution in [3.05, 3.63) is 59.0 Å². The largest absolute Gasteiger partial charge is 0.479 e. The fourth-order valence-electron chi connectivity index (χ4n) is 4.37. The van der Waals surface area contributed by atoms with Crippen LogP contribution in [0.5, 0.6) is 5.75 Å². The molecule has 10 nitrogen and oxygen atoms in total. The SMILES string of the molecule is Cc1c(-c2cc(OC(CO)c3ccc(F)cn3)c3c(Cl)cnn3c2)nnn1[C@H]1CCN(C#N)C[C@H]1F. The normalized spacial score (nSPS) is 18.8. The molecule has 0 spiro atoms. The quantitative estimate of drug-likeness (QED) is 0.390.